The lowest BCUT2D eigenvalue weighted by atomic mass is 10.3. The summed E-state index contributed by atoms with van der Waals surface area (Å²) in [5.41, 5.74) is 0.0324. The second-order valence-electron chi connectivity index (χ2n) is 3.57. The van der Waals surface area contributed by atoms with Gasteiger partial charge in [0.2, 0.25) is 0 Å². The molecule has 0 fully saturated rings. The lowest BCUT2D eigenvalue weighted by Gasteiger charge is -2.08. The minimum atomic E-state index is -4.00. The molecule has 0 amide bonds. The van der Waals surface area contributed by atoms with Gasteiger partial charge in [0, 0.05) is 6.20 Å². The van der Waals surface area contributed by atoms with Crippen molar-refractivity contribution in [1.82, 2.24) is 4.98 Å². The van der Waals surface area contributed by atoms with Crippen molar-refractivity contribution >= 4 is 31.6 Å². The third-order valence-corrected chi connectivity index (χ3v) is 4.15. The minimum absolute atomic E-state index is 0.0324. The summed E-state index contributed by atoms with van der Waals surface area (Å²) in [5, 5.41) is 0. The minimum Gasteiger partial charge on any atom is -0.279 e. The summed E-state index contributed by atoms with van der Waals surface area (Å²) >= 11 is 2.95. The van der Waals surface area contributed by atoms with Gasteiger partial charge in [0.25, 0.3) is 10.0 Å². The lowest BCUT2D eigenvalue weighted by Crippen LogP contribution is -2.13. The Bertz CT molecular complexity index is 722. The number of hydrogen-bond donors (Lipinski definition) is 1. The van der Waals surface area contributed by atoms with Crippen LogP contribution in [0.2, 0.25) is 0 Å². The molecule has 1 aromatic carbocycles. The maximum Gasteiger partial charge on any atom is 0.263 e. The Morgan fingerprint density at radius 3 is 2.53 bits per heavy atom. The Morgan fingerprint density at radius 1 is 1.16 bits per heavy atom. The van der Waals surface area contributed by atoms with Crippen LogP contribution in [0.15, 0.2) is 46.0 Å². The van der Waals surface area contributed by atoms with Gasteiger partial charge in [0.05, 0.1) is 16.4 Å². The normalized spacial score (nSPS) is 11.3. The number of hydrogen-bond acceptors (Lipinski definition) is 3. The van der Waals surface area contributed by atoms with E-state index in [-0.39, 0.29) is 15.1 Å². The first kappa shape index (κ1) is 13.9. The van der Waals surface area contributed by atoms with Gasteiger partial charge in [-0.25, -0.2) is 17.2 Å². The van der Waals surface area contributed by atoms with E-state index in [4.69, 9.17) is 0 Å². The SMILES string of the molecule is O=S(=O)(Nc1ccc(Br)c(F)c1)c1cncc(F)c1. The molecule has 0 aliphatic rings. The van der Waals surface area contributed by atoms with Crippen LogP contribution in [0.1, 0.15) is 0 Å². The summed E-state index contributed by atoms with van der Waals surface area (Å²) < 4.78 is 52.3. The van der Waals surface area contributed by atoms with Crippen LogP contribution < -0.4 is 4.72 Å². The molecule has 0 spiro atoms. The highest BCUT2D eigenvalue weighted by Gasteiger charge is 2.16. The Labute approximate surface area is 116 Å². The third kappa shape index (κ3) is 3.27. The quantitative estimate of drug-likeness (QED) is 0.927. The molecule has 0 unspecified atom stereocenters. The number of nitrogens with zero attached hydrogens (tertiary/aromatic N) is 1. The van der Waals surface area contributed by atoms with Crippen LogP contribution in [0.4, 0.5) is 14.5 Å². The summed E-state index contributed by atoms with van der Waals surface area (Å²) in [7, 11) is -4.00. The number of rotatable bonds is 3. The Kier molecular flexibility index (Phi) is 3.81. The fourth-order valence-corrected chi connectivity index (χ4v) is 2.58. The highest BCUT2D eigenvalue weighted by Crippen LogP contribution is 2.21. The Hall–Kier alpha value is -1.54. The van der Waals surface area contributed by atoms with Crippen LogP contribution in [-0.2, 0) is 10.0 Å². The zero-order chi connectivity index (χ0) is 14.0. The summed E-state index contributed by atoms with van der Waals surface area (Å²) in [6.45, 7) is 0. The fourth-order valence-electron chi connectivity index (χ4n) is 1.31. The maximum atomic E-state index is 13.3. The molecule has 100 valence electrons. The number of halogens is 3. The Morgan fingerprint density at radius 2 is 1.89 bits per heavy atom. The smallest absolute Gasteiger partial charge is 0.263 e. The average Bonchev–Trinajstić information content (AvgIpc) is 2.33. The number of aromatic nitrogens is 1. The van der Waals surface area contributed by atoms with E-state index in [1.165, 1.54) is 12.1 Å². The summed E-state index contributed by atoms with van der Waals surface area (Å²) in [5.74, 6) is -1.39. The Balaban J connectivity index is 2.33. The van der Waals surface area contributed by atoms with Gasteiger partial charge < -0.3 is 0 Å². The molecule has 1 aromatic heterocycles. The number of anilines is 1. The van der Waals surface area contributed by atoms with Crippen molar-refractivity contribution in [3.63, 3.8) is 0 Å². The van der Waals surface area contributed by atoms with Crippen LogP contribution in [0.5, 0.6) is 0 Å². The van der Waals surface area contributed by atoms with Gasteiger partial charge in [-0.1, -0.05) is 0 Å². The van der Waals surface area contributed by atoms with Crippen molar-refractivity contribution < 1.29 is 17.2 Å². The summed E-state index contributed by atoms with van der Waals surface area (Å²) in [6.07, 6.45) is 1.89. The van der Waals surface area contributed by atoms with E-state index in [0.717, 1.165) is 24.5 Å². The average molecular weight is 349 g/mol. The topological polar surface area (TPSA) is 59.1 Å². The molecule has 2 aromatic rings. The van der Waals surface area contributed by atoms with Crippen LogP contribution in [0.3, 0.4) is 0 Å². The van der Waals surface area contributed by atoms with E-state index in [0.29, 0.717) is 0 Å². The second-order valence-corrected chi connectivity index (χ2v) is 6.11. The summed E-state index contributed by atoms with van der Waals surface area (Å²) in [4.78, 5) is 3.11. The van der Waals surface area contributed by atoms with Gasteiger partial charge in [0.1, 0.15) is 16.5 Å². The van der Waals surface area contributed by atoms with Gasteiger partial charge in [0.15, 0.2) is 0 Å². The molecular weight excluding hydrogens is 342 g/mol. The molecule has 0 aliphatic heterocycles. The zero-order valence-electron chi connectivity index (χ0n) is 9.27. The monoisotopic (exact) mass is 348 g/mol. The highest BCUT2D eigenvalue weighted by molar-refractivity contribution is 9.10. The van der Waals surface area contributed by atoms with Crippen molar-refractivity contribution in [3.8, 4) is 0 Å². The van der Waals surface area contributed by atoms with Crippen molar-refractivity contribution in [3.05, 3.63) is 52.8 Å². The van der Waals surface area contributed by atoms with E-state index < -0.39 is 21.7 Å². The predicted molar refractivity (Wildman–Crippen MR) is 69.1 cm³/mol. The van der Waals surface area contributed by atoms with Gasteiger partial charge >= 0.3 is 0 Å². The van der Waals surface area contributed by atoms with Crippen molar-refractivity contribution in [2.45, 2.75) is 4.90 Å². The molecule has 4 nitrogen and oxygen atoms in total. The van der Waals surface area contributed by atoms with Crippen molar-refractivity contribution in [1.29, 1.82) is 0 Å². The predicted octanol–water partition coefficient (Wildman–Crippen LogP) is 2.92. The zero-order valence-corrected chi connectivity index (χ0v) is 11.7. The number of sulfonamides is 1. The largest absolute Gasteiger partial charge is 0.279 e. The highest BCUT2D eigenvalue weighted by atomic mass is 79.9. The number of pyridine rings is 1. The van der Waals surface area contributed by atoms with E-state index in [1.807, 2.05) is 0 Å². The van der Waals surface area contributed by atoms with Crippen LogP contribution in [0.25, 0.3) is 0 Å². The van der Waals surface area contributed by atoms with Crippen LogP contribution in [-0.4, -0.2) is 13.4 Å². The number of nitrogens with one attached hydrogen (secondary N) is 1. The summed E-state index contributed by atoms with van der Waals surface area (Å²) in [6, 6.07) is 4.56. The molecule has 0 radical (unpaired) electrons. The third-order valence-electron chi connectivity index (χ3n) is 2.16. The molecule has 19 heavy (non-hydrogen) atoms. The maximum absolute atomic E-state index is 13.3. The van der Waals surface area contributed by atoms with Crippen molar-refractivity contribution in [2.24, 2.45) is 0 Å². The first-order valence-corrected chi connectivity index (χ1v) is 7.24. The molecule has 1 N–H and O–H groups in total. The van der Waals surface area contributed by atoms with Gasteiger partial charge in [-0.3, -0.25) is 9.71 Å². The lowest BCUT2D eigenvalue weighted by molar-refractivity contribution is 0.592. The fraction of sp³-hybridized carbons (Fsp3) is 0. The van der Waals surface area contributed by atoms with E-state index in [9.17, 15) is 17.2 Å². The molecule has 0 saturated heterocycles. The molecule has 0 bridgehead atoms. The van der Waals surface area contributed by atoms with Gasteiger partial charge in [-0.2, -0.15) is 0 Å². The molecule has 1 heterocycles. The molecule has 0 aliphatic carbocycles. The van der Waals surface area contributed by atoms with E-state index in [2.05, 4.69) is 25.6 Å². The van der Waals surface area contributed by atoms with E-state index >= 15 is 0 Å². The van der Waals surface area contributed by atoms with Crippen LogP contribution >= 0.6 is 15.9 Å². The first-order valence-electron chi connectivity index (χ1n) is 4.97. The second kappa shape index (κ2) is 5.22. The van der Waals surface area contributed by atoms with Crippen molar-refractivity contribution in [2.75, 3.05) is 4.72 Å². The molecule has 0 saturated carbocycles. The standard InChI is InChI=1S/C11H7BrF2N2O2S/c12-10-2-1-8(4-11(10)14)16-19(17,18)9-3-7(13)5-15-6-9/h1-6,16H. The molecule has 8 heteroatoms. The van der Waals surface area contributed by atoms with Gasteiger partial charge in [-0.15, -0.1) is 0 Å². The van der Waals surface area contributed by atoms with Crippen LogP contribution in [0, 0.1) is 11.6 Å². The molecule has 2 rings (SSSR count). The van der Waals surface area contributed by atoms with E-state index in [1.54, 1.807) is 0 Å². The molecule has 0 atom stereocenters. The first-order chi connectivity index (χ1) is 8.88. The number of benzene rings is 1. The van der Waals surface area contributed by atoms with Gasteiger partial charge in [-0.05, 0) is 40.2 Å². The molecular formula is C11H7BrF2N2O2S.